The third kappa shape index (κ3) is 5.12. The summed E-state index contributed by atoms with van der Waals surface area (Å²) in [5.41, 5.74) is 1.76. The van der Waals surface area contributed by atoms with Crippen LogP contribution in [0.15, 0.2) is 41.3 Å². The van der Waals surface area contributed by atoms with Crippen LogP contribution in [0.4, 0.5) is 13.2 Å². The van der Waals surface area contributed by atoms with Gasteiger partial charge in [0, 0.05) is 42.4 Å². The maximum Gasteiger partial charge on any atom is 0.406 e. The van der Waals surface area contributed by atoms with Crippen molar-refractivity contribution in [2.24, 2.45) is 0 Å². The molecule has 0 fully saturated rings. The summed E-state index contributed by atoms with van der Waals surface area (Å²) in [6, 6.07) is 6.26. The van der Waals surface area contributed by atoms with E-state index in [-0.39, 0.29) is 35.5 Å². The molecule has 2 aliphatic heterocycles. The molecule has 8 nitrogen and oxygen atoms in total. The number of rotatable bonds is 4. The molecule has 5 rings (SSSR count). The van der Waals surface area contributed by atoms with Gasteiger partial charge in [-0.1, -0.05) is 23.2 Å². The fourth-order valence-electron chi connectivity index (χ4n) is 5.38. The fraction of sp³-hybridized carbons (Fsp3) is 0.407. The Hall–Kier alpha value is -3.31. The second-order valence-corrected chi connectivity index (χ2v) is 11.2. The average molecular weight is 596 g/mol. The minimum atomic E-state index is -4.53. The number of hydrogen-bond acceptors (Lipinski definition) is 4. The zero-order chi connectivity index (χ0) is 29.1. The molecule has 13 heteroatoms. The number of nitrogens with zero attached hydrogens (tertiary/aromatic N) is 5. The van der Waals surface area contributed by atoms with Gasteiger partial charge in [0.2, 0.25) is 0 Å². The number of carbonyl (C=O) groups excluding carboxylic acids is 2. The Kier molecular flexibility index (Phi) is 7.24. The van der Waals surface area contributed by atoms with Crippen LogP contribution in [0.2, 0.25) is 10.0 Å². The smallest absolute Gasteiger partial charge is 0.331 e. The molecule has 3 atom stereocenters. The quantitative estimate of drug-likeness (QED) is 0.411. The molecule has 3 aromatic rings. The predicted molar refractivity (Wildman–Crippen MR) is 143 cm³/mol. The maximum atomic E-state index is 13.9. The summed E-state index contributed by atoms with van der Waals surface area (Å²) in [6.07, 6.45) is -2.98. The summed E-state index contributed by atoms with van der Waals surface area (Å²) in [5, 5.41) is 5.33. The molecule has 0 spiro atoms. The highest BCUT2D eigenvalue weighted by atomic mass is 35.5. The van der Waals surface area contributed by atoms with Crippen molar-refractivity contribution in [2.45, 2.75) is 64.6 Å². The molecule has 40 heavy (non-hydrogen) atoms. The van der Waals surface area contributed by atoms with Crippen LogP contribution >= 0.6 is 23.2 Å². The number of carbonyl (C=O) groups is 2. The predicted octanol–water partition coefficient (Wildman–Crippen LogP) is 5.28. The number of pyridine rings is 1. The minimum Gasteiger partial charge on any atom is -0.331 e. The van der Waals surface area contributed by atoms with E-state index in [1.54, 1.807) is 33.5 Å². The van der Waals surface area contributed by atoms with Crippen LogP contribution in [-0.4, -0.2) is 54.7 Å². The topological polar surface area (TPSA) is 80.4 Å². The van der Waals surface area contributed by atoms with Gasteiger partial charge in [0.15, 0.2) is 0 Å². The Morgan fingerprint density at radius 3 is 2.48 bits per heavy atom. The van der Waals surface area contributed by atoms with Crippen molar-refractivity contribution in [1.29, 1.82) is 0 Å². The lowest BCUT2D eigenvalue weighted by Gasteiger charge is -2.37. The Morgan fingerprint density at radius 2 is 1.82 bits per heavy atom. The molecule has 4 heterocycles. The van der Waals surface area contributed by atoms with Crippen molar-refractivity contribution in [3.05, 3.63) is 85.0 Å². The Balaban J connectivity index is 1.44. The average Bonchev–Trinajstić information content (AvgIpc) is 3.26. The van der Waals surface area contributed by atoms with Gasteiger partial charge < -0.3 is 14.4 Å². The van der Waals surface area contributed by atoms with Crippen LogP contribution in [0, 0.1) is 0 Å². The first-order valence-corrected chi connectivity index (χ1v) is 13.4. The van der Waals surface area contributed by atoms with Gasteiger partial charge in [0.05, 0.1) is 34.4 Å². The highest BCUT2D eigenvalue weighted by Crippen LogP contribution is 2.35. The van der Waals surface area contributed by atoms with Gasteiger partial charge in [-0.3, -0.25) is 19.1 Å². The SMILES string of the molecule is CC(c1ccn(CC(F)(F)F)c(=O)c1)N1C[C@@H](C)n2nc3c(c2C1=O)CN(C(=O)c1ccc(Cl)c(Cl)c1)[C@H](C)C3. The molecular formula is C27H26Cl2F3N5O3. The summed E-state index contributed by atoms with van der Waals surface area (Å²) in [6.45, 7) is 4.63. The molecule has 2 amide bonds. The van der Waals surface area contributed by atoms with Crippen molar-refractivity contribution in [3.63, 3.8) is 0 Å². The molecule has 0 saturated carbocycles. The molecule has 1 unspecified atom stereocenters. The summed E-state index contributed by atoms with van der Waals surface area (Å²) in [7, 11) is 0. The van der Waals surface area contributed by atoms with E-state index < -0.39 is 24.3 Å². The first-order valence-electron chi connectivity index (χ1n) is 12.7. The van der Waals surface area contributed by atoms with E-state index in [0.29, 0.717) is 44.9 Å². The van der Waals surface area contributed by atoms with Gasteiger partial charge in [-0.15, -0.1) is 0 Å². The molecule has 0 bridgehead atoms. The molecule has 0 aliphatic carbocycles. The number of fused-ring (bicyclic) bond motifs is 3. The number of aromatic nitrogens is 3. The van der Waals surface area contributed by atoms with Crippen LogP contribution < -0.4 is 5.56 Å². The summed E-state index contributed by atoms with van der Waals surface area (Å²) in [5.74, 6) is -0.576. The summed E-state index contributed by atoms with van der Waals surface area (Å²) >= 11 is 12.1. The second kappa shape index (κ2) is 10.3. The number of benzene rings is 1. The monoisotopic (exact) mass is 595 g/mol. The molecule has 0 saturated heterocycles. The number of amides is 2. The lowest BCUT2D eigenvalue weighted by atomic mass is 9.96. The van der Waals surface area contributed by atoms with E-state index in [1.165, 1.54) is 12.1 Å². The highest BCUT2D eigenvalue weighted by Gasteiger charge is 2.40. The van der Waals surface area contributed by atoms with E-state index in [9.17, 15) is 27.6 Å². The van der Waals surface area contributed by atoms with Crippen molar-refractivity contribution < 1.29 is 22.8 Å². The molecule has 0 radical (unpaired) electrons. The van der Waals surface area contributed by atoms with Crippen LogP contribution in [-0.2, 0) is 19.5 Å². The molecule has 2 aromatic heterocycles. The maximum absolute atomic E-state index is 13.9. The molecule has 0 N–H and O–H groups in total. The zero-order valence-corrected chi connectivity index (χ0v) is 23.4. The zero-order valence-electron chi connectivity index (χ0n) is 21.9. The number of hydrogen-bond donors (Lipinski definition) is 0. The molecule has 1 aromatic carbocycles. The second-order valence-electron chi connectivity index (χ2n) is 10.4. The van der Waals surface area contributed by atoms with Crippen molar-refractivity contribution in [2.75, 3.05) is 6.54 Å². The Bertz CT molecular complexity index is 1570. The van der Waals surface area contributed by atoms with E-state index in [4.69, 9.17) is 28.3 Å². The first kappa shape index (κ1) is 28.2. The van der Waals surface area contributed by atoms with Gasteiger partial charge in [0.1, 0.15) is 12.2 Å². The van der Waals surface area contributed by atoms with Crippen LogP contribution in [0.25, 0.3) is 0 Å². The van der Waals surface area contributed by atoms with Crippen LogP contribution in [0.1, 0.15) is 70.5 Å². The third-order valence-electron chi connectivity index (χ3n) is 7.53. The summed E-state index contributed by atoms with van der Waals surface area (Å²) < 4.78 is 40.6. The highest BCUT2D eigenvalue weighted by molar-refractivity contribution is 6.42. The van der Waals surface area contributed by atoms with Crippen LogP contribution in [0.5, 0.6) is 0 Å². The normalized spacial score (nSPS) is 19.9. The lowest BCUT2D eigenvalue weighted by molar-refractivity contribution is -0.141. The fourth-order valence-corrected chi connectivity index (χ4v) is 5.67. The third-order valence-corrected chi connectivity index (χ3v) is 8.27. The number of alkyl halides is 3. The van der Waals surface area contributed by atoms with Crippen molar-refractivity contribution >= 4 is 35.0 Å². The lowest BCUT2D eigenvalue weighted by Crippen LogP contribution is -2.45. The van der Waals surface area contributed by atoms with E-state index in [2.05, 4.69) is 0 Å². The Labute approximate surface area is 237 Å². The van der Waals surface area contributed by atoms with Crippen molar-refractivity contribution in [1.82, 2.24) is 24.1 Å². The van der Waals surface area contributed by atoms with Gasteiger partial charge in [-0.05, 0) is 50.6 Å². The standard InChI is InChI=1S/C27H26Cl2F3N5O3/c1-14-8-22-19(12-35(14)25(39)18-4-5-20(28)21(29)9-18)24-26(40)36(11-15(2)37(24)33-22)16(3)17-6-7-34(23(38)10-17)13-27(30,31)32/h4-7,9-10,14-16H,8,11-13H2,1-3H3/t14-,15-,16?/m1/s1. The van der Waals surface area contributed by atoms with Gasteiger partial charge >= 0.3 is 6.18 Å². The minimum absolute atomic E-state index is 0.166. The molecule has 2 aliphatic rings. The molecule has 212 valence electrons. The largest absolute Gasteiger partial charge is 0.406 e. The van der Waals surface area contributed by atoms with E-state index in [1.807, 2.05) is 13.8 Å². The van der Waals surface area contributed by atoms with Gasteiger partial charge in [-0.2, -0.15) is 18.3 Å². The van der Waals surface area contributed by atoms with Crippen molar-refractivity contribution in [3.8, 4) is 0 Å². The van der Waals surface area contributed by atoms with E-state index >= 15 is 0 Å². The Morgan fingerprint density at radius 1 is 1.10 bits per heavy atom. The number of halogens is 5. The summed E-state index contributed by atoms with van der Waals surface area (Å²) in [4.78, 5) is 42.9. The molecular weight excluding hydrogens is 570 g/mol. The van der Waals surface area contributed by atoms with Gasteiger partial charge in [0.25, 0.3) is 17.4 Å². The van der Waals surface area contributed by atoms with E-state index in [0.717, 1.165) is 18.0 Å². The van der Waals surface area contributed by atoms with Gasteiger partial charge in [-0.25, -0.2) is 0 Å². The first-order chi connectivity index (χ1) is 18.7. The van der Waals surface area contributed by atoms with Crippen LogP contribution in [0.3, 0.4) is 0 Å².